The van der Waals surface area contributed by atoms with Crippen molar-refractivity contribution in [2.45, 2.75) is 19.4 Å². The van der Waals surface area contributed by atoms with Crippen LogP contribution in [-0.4, -0.2) is 44.1 Å². The highest BCUT2D eigenvalue weighted by molar-refractivity contribution is 7.09. The van der Waals surface area contributed by atoms with E-state index in [0.717, 1.165) is 17.7 Å². The molecule has 26 heavy (non-hydrogen) atoms. The maximum absolute atomic E-state index is 12.1. The number of benzene rings is 1. The molecule has 2 N–H and O–H groups in total. The van der Waals surface area contributed by atoms with E-state index >= 15 is 0 Å². The lowest BCUT2D eigenvalue weighted by Crippen LogP contribution is -2.44. The van der Waals surface area contributed by atoms with Crippen LogP contribution in [0.5, 0.6) is 5.75 Å². The number of hydrogen-bond donors (Lipinski definition) is 2. The second-order valence-corrected chi connectivity index (χ2v) is 7.03. The summed E-state index contributed by atoms with van der Waals surface area (Å²) in [5.74, 6) is 0.460. The van der Waals surface area contributed by atoms with Crippen LogP contribution in [-0.2, 0) is 11.2 Å². The Hall–Kier alpha value is -2.38. The van der Waals surface area contributed by atoms with E-state index in [1.807, 2.05) is 60.6 Å². The number of hydrogen-bond acceptors (Lipinski definition) is 5. The number of rotatable bonds is 8. The predicted octanol–water partition coefficient (Wildman–Crippen LogP) is 2.82. The van der Waals surface area contributed by atoms with Crippen molar-refractivity contribution in [3.8, 4) is 5.75 Å². The number of amides is 3. The zero-order chi connectivity index (χ0) is 18.9. The Labute approximate surface area is 158 Å². The fourth-order valence-corrected chi connectivity index (χ4v) is 3.17. The summed E-state index contributed by atoms with van der Waals surface area (Å²) in [5, 5.41) is 7.07. The molecule has 0 bridgehead atoms. The van der Waals surface area contributed by atoms with E-state index in [0.29, 0.717) is 6.54 Å². The monoisotopic (exact) mass is 375 g/mol. The fraction of sp³-hybridized carbons (Fsp3) is 0.368. The first-order valence-corrected chi connectivity index (χ1v) is 9.32. The third kappa shape index (κ3) is 6.16. The fourth-order valence-electron chi connectivity index (χ4n) is 2.46. The summed E-state index contributed by atoms with van der Waals surface area (Å²) in [5.41, 5.74) is 1.07. The van der Waals surface area contributed by atoms with E-state index < -0.39 is 6.03 Å². The van der Waals surface area contributed by atoms with Gasteiger partial charge in [-0.2, -0.15) is 0 Å². The van der Waals surface area contributed by atoms with Gasteiger partial charge in [-0.3, -0.25) is 15.0 Å². The molecule has 0 aliphatic heterocycles. The molecule has 1 aromatic carbocycles. The van der Waals surface area contributed by atoms with Gasteiger partial charge < -0.3 is 10.1 Å². The smallest absolute Gasteiger partial charge is 0.321 e. The third-order valence-electron chi connectivity index (χ3n) is 4.14. The van der Waals surface area contributed by atoms with E-state index in [1.165, 1.54) is 4.88 Å². The molecule has 1 heterocycles. The van der Waals surface area contributed by atoms with Crippen LogP contribution in [0.1, 0.15) is 23.4 Å². The summed E-state index contributed by atoms with van der Waals surface area (Å²) in [4.78, 5) is 26.9. The SMILES string of the molecule is COc1ccc(C(C)N(C)CC(=O)NC(=O)NCCc2cccs2)cc1. The highest BCUT2D eigenvalue weighted by atomic mass is 32.1. The molecular weight excluding hydrogens is 350 g/mol. The van der Waals surface area contributed by atoms with Gasteiger partial charge in [0.05, 0.1) is 13.7 Å². The van der Waals surface area contributed by atoms with Crippen molar-refractivity contribution in [1.82, 2.24) is 15.5 Å². The number of methoxy groups -OCH3 is 1. The lowest BCUT2D eigenvalue weighted by atomic mass is 10.1. The third-order valence-corrected chi connectivity index (χ3v) is 5.08. The summed E-state index contributed by atoms with van der Waals surface area (Å²) in [6, 6.07) is 11.3. The van der Waals surface area contributed by atoms with Crippen LogP contribution in [0.15, 0.2) is 41.8 Å². The number of carbonyl (C=O) groups excluding carboxylic acids is 2. The maximum Gasteiger partial charge on any atom is 0.321 e. The molecule has 2 rings (SSSR count). The number of urea groups is 1. The van der Waals surface area contributed by atoms with Crippen molar-refractivity contribution in [3.63, 3.8) is 0 Å². The highest BCUT2D eigenvalue weighted by Gasteiger charge is 2.16. The summed E-state index contributed by atoms with van der Waals surface area (Å²) < 4.78 is 5.15. The summed E-state index contributed by atoms with van der Waals surface area (Å²) in [7, 11) is 3.48. The molecule has 0 radical (unpaired) electrons. The zero-order valence-corrected chi connectivity index (χ0v) is 16.1. The van der Waals surface area contributed by atoms with E-state index in [-0.39, 0.29) is 18.5 Å². The summed E-state index contributed by atoms with van der Waals surface area (Å²) >= 11 is 1.65. The minimum Gasteiger partial charge on any atom is -0.497 e. The molecule has 1 aromatic heterocycles. The standard InChI is InChI=1S/C19H25N3O3S/c1-14(15-6-8-16(25-3)9-7-15)22(2)13-18(23)21-19(24)20-11-10-17-5-4-12-26-17/h4-9,12,14H,10-11,13H2,1-3H3,(H2,20,21,23,24). The van der Waals surface area contributed by atoms with Crippen LogP contribution < -0.4 is 15.4 Å². The van der Waals surface area contributed by atoms with Gasteiger partial charge in [-0.25, -0.2) is 4.79 Å². The Balaban J connectivity index is 1.73. The van der Waals surface area contributed by atoms with Crippen LogP contribution in [0.2, 0.25) is 0 Å². The molecule has 0 aliphatic rings. The van der Waals surface area contributed by atoms with Gasteiger partial charge in [-0.1, -0.05) is 18.2 Å². The van der Waals surface area contributed by atoms with Crippen LogP contribution in [0.4, 0.5) is 4.79 Å². The maximum atomic E-state index is 12.1. The molecule has 1 atom stereocenters. The number of imide groups is 1. The van der Waals surface area contributed by atoms with Crippen LogP contribution >= 0.6 is 11.3 Å². The quantitative estimate of drug-likeness (QED) is 0.744. The normalized spacial score (nSPS) is 11.8. The van der Waals surface area contributed by atoms with Crippen LogP contribution in [0.25, 0.3) is 0 Å². The van der Waals surface area contributed by atoms with Gasteiger partial charge in [0, 0.05) is 17.5 Å². The number of nitrogens with zero attached hydrogens (tertiary/aromatic N) is 1. The minimum absolute atomic E-state index is 0.0357. The van der Waals surface area contributed by atoms with Gasteiger partial charge in [0.1, 0.15) is 5.75 Å². The molecule has 0 aliphatic carbocycles. The largest absolute Gasteiger partial charge is 0.497 e. The molecule has 6 nitrogen and oxygen atoms in total. The molecule has 140 valence electrons. The van der Waals surface area contributed by atoms with Gasteiger partial charge in [-0.15, -0.1) is 11.3 Å². The van der Waals surface area contributed by atoms with Gasteiger partial charge in [-0.05, 0) is 49.5 Å². The Morgan fingerprint density at radius 2 is 1.96 bits per heavy atom. The number of carbonyl (C=O) groups is 2. The van der Waals surface area contributed by atoms with Crippen molar-refractivity contribution in [1.29, 1.82) is 0 Å². The first-order chi connectivity index (χ1) is 12.5. The second kappa shape index (κ2) is 9.94. The average Bonchev–Trinajstić information content (AvgIpc) is 3.14. The molecule has 0 saturated heterocycles. The van der Waals surface area contributed by atoms with E-state index in [2.05, 4.69) is 10.6 Å². The summed E-state index contributed by atoms with van der Waals surface area (Å²) in [6.07, 6.45) is 0.758. The van der Waals surface area contributed by atoms with E-state index in [4.69, 9.17) is 4.74 Å². The molecular formula is C19H25N3O3S. The second-order valence-electron chi connectivity index (χ2n) is 6.00. The van der Waals surface area contributed by atoms with Gasteiger partial charge in [0.2, 0.25) is 5.91 Å². The Bertz CT molecular complexity index is 701. The first kappa shape index (κ1) is 19.9. The first-order valence-electron chi connectivity index (χ1n) is 8.44. The molecule has 0 spiro atoms. The van der Waals surface area contributed by atoms with E-state index in [9.17, 15) is 9.59 Å². The Morgan fingerprint density at radius 1 is 1.23 bits per heavy atom. The molecule has 7 heteroatoms. The zero-order valence-electron chi connectivity index (χ0n) is 15.3. The van der Waals surface area contributed by atoms with Crippen molar-refractivity contribution in [2.75, 3.05) is 27.2 Å². The summed E-state index contributed by atoms with van der Waals surface area (Å²) in [6.45, 7) is 2.64. The van der Waals surface area contributed by atoms with Gasteiger partial charge in [0.15, 0.2) is 0 Å². The van der Waals surface area contributed by atoms with Crippen molar-refractivity contribution < 1.29 is 14.3 Å². The Morgan fingerprint density at radius 3 is 2.58 bits per heavy atom. The molecule has 2 aromatic rings. The van der Waals surface area contributed by atoms with Crippen LogP contribution in [0, 0.1) is 0 Å². The van der Waals surface area contributed by atoms with Crippen molar-refractivity contribution in [2.24, 2.45) is 0 Å². The van der Waals surface area contributed by atoms with E-state index in [1.54, 1.807) is 18.4 Å². The molecule has 0 fully saturated rings. The Kier molecular flexibility index (Phi) is 7.62. The number of likely N-dealkylation sites (N-methyl/N-ethyl adjacent to an activating group) is 1. The highest BCUT2D eigenvalue weighted by Crippen LogP contribution is 2.21. The molecule has 1 unspecified atom stereocenters. The van der Waals surface area contributed by atoms with Crippen molar-refractivity contribution in [3.05, 3.63) is 52.2 Å². The van der Waals surface area contributed by atoms with Gasteiger partial charge in [0.25, 0.3) is 0 Å². The lowest BCUT2D eigenvalue weighted by Gasteiger charge is -2.24. The number of thiophene rings is 1. The number of ether oxygens (including phenoxy) is 1. The number of nitrogens with one attached hydrogen (secondary N) is 2. The predicted molar refractivity (Wildman–Crippen MR) is 104 cm³/mol. The van der Waals surface area contributed by atoms with Crippen LogP contribution in [0.3, 0.4) is 0 Å². The topological polar surface area (TPSA) is 70.7 Å². The average molecular weight is 375 g/mol. The molecule has 0 saturated carbocycles. The molecule has 3 amide bonds. The van der Waals surface area contributed by atoms with Gasteiger partial charge >= 0.3 is 6.03 Å². The van der Waals surface area contributed by atoms with Crippen molar-refractivity contribution >= 4 is 23.3 Å². The lowest BCUT2D eigenvalue weighted by molar-refractivity contribution is -0.121. The minimum atomic E-state index is -0.461.